The van der Waals surface area contributed by atoms with Gasteiger partial charge < -0.3 is 0 Å². The molecule has 0 atom stereocenters. The Morgan fingerprint density at radius 2 is 1.00 bits per heavy atom. The molecule has 0 bridgehead atoms. The van der Waals surface area contributed by atoms with Gasteiger partial charge in [-0.3, -0.25) is 0 Å². The van der Waals surface area contributed by atoms with Gasteiger partial charge in [0, 0.05) is 0 Å². The van der Waals surface area contributed by atoms with Gasteiger partial charge in [0.05, 0.1) is 0 Å². The summed E-state index contributed by atoms with van der Waals surface area (Å²) in [5.41, 5.74) is 0. The first-order chi connectivity index (χ1) is 12.9. The summed E-state index contributed by atoms with van der Waals surface area (Å²) in [6, 6.07) is 33.0. The molecule has 4 heteroatoms. The maximum atomic E-state index is 5.76. The molecule has 0 aromatic heterocycles. The van der Waals surface area contributed by atoms with Gasteiger partial charge >= 0.3 is 156 Å². The van der Waals surface area contributed by atoms with E-state index in [0.717, 1.165) is 12.6 Å². The van der Waals surface area contributed by atoms with E-state index < -0.39 is 7.26 Å². The van der Waals surface area contributed by atoms with E-state index in [1.807, 2.05) is 0 Å². The van der Waals surface area contributed by atoms with Crippen LogP contribution in [0, 0.1) is 0 Å². The predicted octanol–water partition coefficient (Wildman–Crippen LogP) is 4.05. The van der Waals surface area contributed by atoms with E-state index in [0.29, 0.717) is 13.2 Å². The van der Waals surface area contributed by atoms with Crippen molar-refractivity contribution in [1.82, 2.24) is 0 Å². The minimum absolute atomic E-state index is 0. The third-order valence-corrected chi connectivity index (χ3v) is 10.2. The standard InChI is InChI=1S/C23H25O2P.BrH/c1-4-10-20(11-5-1)26(21-12-6-2-7-13-21,22-14-8-3-9-15-22)19-16-23-24-17-18-25-23;/h1-15,23,26H,16-19H2;1H. The van der Waals surface area contributed by atoms with Crippen LogP contribution in [-0.4, -0.2) is 25.7 Å². The zero-order valence-corrected chi connectivity index (χ0v) is 18.0. The van der Waals surface area contributed by atoms with Crippen molar-refractivity contribution >= 4 is 40.2 Å². The van der Waals surface area contributed by atoms with Gasteiger partial charge in [-0.25, -0.2) is 0 Å². The normalized spacial score (nSPS) is 15.3. The first-order valence-electron chi connectivity index (χ1n) is 9.29. The second kappa shape index (κ2) is 9.61. The van der Waals surface area contributed by atoms with Crippen molar-refractivity contribution in [2.45, 2.75) is 12.7 Å². The molecule has 0 saturated carbocycles. The van der Waals surface area contributed by atoms with Crippen molar-refractivity contribution in [3.05, 3.63) is 91.0 Å². The molecule has 0 radical (unpaired) electrons. The summed E-state index contributed by atoms with van der Waals surface area (Å²) in [6.07, 6.45) is 1.92. The van der Waals surface area contributed by atoms with Crippen molar-refractivity contribution in [3.8, 4) is 0 Å². The quantitative estimate of drug-likeness (QED) is 0.533. The van der Waals surface area contributed by atoms with Crippen LogP contribution in [0.2, 0.25) is 0 Å². The molecule has 0 unspecified atom stereocenters. The van der Waals surface area contributed by atoms with Crippen molar-refractivity contribution in [1.29, 1.82) is 0 Å². The van der Waals surface area contributed by atoms with Gasteiger partial charge in [-0.2, -0.15) is 0 Å². The molecule has 1 heterocycles. The van der Waals surface area contributed by atoms with E-state index >= 15 is 0 Å². The molecule has 4 rings (SSSR count). The Labute approximate surface area is 172 Å². The molecule has 0 amide bonds. The summed E-state index contributed by atoms with van der Waals surface area (Å²) < 4.78 is 11.5. The van der Waals surface area contributed by atoms with Crippen LogP contribution in [0.3, 0.4) is 0 Å². The van der Waals surface area contributed by atoms with Crippen LogP contribution in [0.15, 0.2) is 91.0 Å². The maximum absolute atomic E-state index is 5.76. The van der Waals surface area contributed by atoms with Gasteiger partial charge in [0.25, 0.3) is 0 Å². The van der Waals surface area contributed by atoms with Gasteiger partial charge in [-0.05, 0) is 0 Å². The number of halogens is 1. The Morgan fingerprint density at radius 3 is 1.37 bits per heavy atom. The molecular formula is C23H26BrO2P. The summed E-state index contributed by atoms with van der Waals surface area (Å²) in [5.74, 6) is 0. The number of benzene rings is 3. The molecule has 0 spiro atoms. The molecule has 2 nitrogen and oxygen atoms in total. The van der Waals surface area contributed by atoms with E-state index in [2.05, 4.69) is 91.0 Å². The molecule has 1 fully saturated rings. The van der Waals surface area contributed by atoms with E-state index in [9.17, 15) is 0 Å². The Bertz CT molecular complexity index is 709. The van der Waals surface area contributed by atoms with Crippen LogP contribution in [0.1, 0.15) is 6.42 Å². The molecule has 0 N–H and O–H groups in total. The van der Waals surface area contributed by atoms with Crippen molar-refractivity contribution in [2.24, 2.45) is 0 Å². The summed E-state index contributed by atoms with van der Waals surface area (Å²) in [6.45, 7) is 1.42. The monoisotopic (exact) mass is 444 g/mol. The number of ether oxygens (including phenoxy) is 2. The van der Waals surface area contributed by atoms with Crippen LogP contribution >= 0.6 is 24.2 Å². The average Bonchev–Trinajstić information content (AvgIpc) is 3.25. The second-order valence-electron chi connectivity index (χ2n) is 6.71. The predicted molar refractivity (Wildman–Crippen MR) is 122 cm³/mol. The fourth-order valence-electron chi connectivity index (χ4n) is 4.01. The molecule has 3 aromatic carbocycles. The van der Waals surface area contributed by atoms with Gasteiger partial charge in [-0.1, -0.05) is 0 Å². The van der Waals surface area contributed by atoms with Gasteiger partial charge in [0.15, 0.2) is 0 Å². The Hall–Kier alpha value is -1.51. The summed E-state index contributed by atoms with van der Waals surface area (Å²) in [4.78, 5) is 0. The van der Waals surface area contributed by atoms with Crippen LogP contribution in [0.4, 0.5) is 0 Å². The number of rotatable bonds is 6. The third kappa shape index (κ3) is 4.33. The van der Waals surface area contributed by atoms with E-state index in [4.69, 9.17) is 9.47 Å². The van der Waals surface area contributed by atoms with Crippen LogP contribution in [-0.2, 0) is 9.47 Å². The third-order valence-electron chi connectivity index (χ3n) is 5.25. The van der Waals surface area contributed by atoms with Gasteiger partial charge in [0.2, 0.25) is 0 Å². The first-order valence-corrected chi connectivity index (χ1v) is 11.5. The molecule has 1 aliphatic heterocycles. The summed E-state index contributed by atoms with van der Waals surface area (Å²) >= 11 is 0. The summed E-state index contributed by atoms with van der Waals surface area (Å²) in [5, 5.41) is 4.32. The van der Waals surface area contributed by atoms with Gasteiger partial charge in [0.1, 0.15) is 0 Å². The topological polar surface area (TPSA) is 18.5 Å². The molecule has 27 heavy (non-hydrogen) atoms. The Balaban J connectivity index is 0.00000210. The number of hydrogen-bond donors (Lipinski definition) is 0. The average molecular weight is 445 g/mol. The first kappa shape index (κ1) is 20.2. The van der Waals surface area contributed by atoms with Crippen LogP contribution < -0.4 is 15.9 Å². The van der Waals surface area contributed by atoms with E-state index in [-0.39, 0.29) is 23.3 Å². The zero-order chi connectivity index (χ0) is 17.7. The van der Waals surface area contributed by atoms with Gasteiger partial charge in [-0.15, -0.1) is 17.0 Å². The summed E-state index contributed by atoms with van der Waals surface area (Å²) in [7, 11) is -2.15. The fraction of sp³-hybridized carbons (Fsp3) is 0.217. The fourth-order valence-corrected chi connectivity index (χ4v) is 8.83. The SMILES string of the molecule is Br.c1ccc([PH](CCC2OCCO2)(c2ccccc2)c2ccccc2)cc1. The molecule has 1 aliphatic rings. The molecular weight excluding hydrogens is 419 g/mol. The number of hydrogen-bond acceptors (Lipinski definition) is 2. The zero-order valence-electron chi connectivity index (χ0n) is 15.3. The van der Waals surface area contributed by atoms with E-state index in [1.165, 1.54) is 15.9 Å². The molecule has 1 saturated heterocycles. The van der Waals surface area contributed by atoms with Crippen molar-refractivity contribution < 1.29 is 9.47 Å². The van der Waals surface area contributed by atoms with Crippen LogP contribution in [0.5, 0.6) is 0 Å². The van der Waals surface area contributed by atoms with E-state index in [1.54, 1.807) is 0 Å². The Morgan fingerprint density at radius 1 is 0.630 bits per heavy atom. The van der Waals surface area contributed by atoms with Crippen molar-refractivity contribution in [2.75, 3.05) is 19.4 Å². The Kier molecular flexibility index (Phi) is 7.20. The second-order valence-corrected chi connectivity index (χ2v) is 10.8. The molecule has 3 aromatic rings. The minimum atomic E-state index is -2.15. The van der Waals surface area contributed by atoms with Crippen LogP contribution in [0.25, 0.3) is 0 Å². The molecule has 0 aliphatic carbocycles. The van der Waals surface area contributed by atoms with Crippen molar-refractivity contribution in [3.63, 3.8) is 0 Å². The molecule has 142 valence electrons.